The molecule has 0 aromatic heterocycles. The molecule has 0 spiro atoms. The summed E-state index contributed by atoms with van der Waals surface area (Å²) < 4.78 is 25.2. The molecule has 0 radical (unpaired) electrons. The zero-order chi connectivity index (χ0) is 21.6. The summed E-state index contributed by atoms with van der Waals surface area (Å²) in [6, 6.07) is 12.5. The maximum Gasteiger partial charge on any atom is 0.227 e. The van der Waals surface area contributed by atoms with Crippen LogP contribution in [0.5, 0.6) is 11.5 Å². The molecule has 31 heavy (non-hydrogen) atoms. The van der Waals surface area contributed by atoms with Crippen molar-refractivity contribution in [2.24, 2.45) is 0 Å². The highest BCUT2D eigenvalue weighted by Gasteiger charge is 2.23. The van der Waals surface area contributed by atoms with Gasteiger partial charge in [0, 0.05) is 36.8 Å². The van der Waals surface area contributed by atoms with Gasteiger partial charge in [-0.05, 0) is 81.6 Å². The number of rotatable bonds is 9. The van der Waals surface area contributed by atoms with Crippen molar-refractivity contribution in [1.82, 2.24) is 4.90 Å². The predicted molar refractivity (Wildman–Crippen MR) is 119 cm³/mol. The molecule has 2 aromatic rings. The summed E-state index contributed by atoms with van der Waals surface area (Å²) in [4.78, 5) is 16.5. The van der Waals surface area contributed by atoms with E-state index in [1.165, 1.54) is 31.5 Å². The van der Waals surface area contributed by atoms with Gasteiger partial charge in [0.25, 0.3) is 0 Å². The van der Waals surface area contributed by atoms with Crippen molar-refractivity contribution in [3.63, 3.8) is 0 Å². The van der Waals surface area contributed by atoms with Gasteiger partial charge in [-0.2, -0.15) is 0 Å². The maximum atomic E-state index is 13.2. The Bertz CT molecular complexity index is 887. The highest BCUT2D eigenvalue weighted by Crippen LogP contribution is 2.29. The largest absolute Gasteiger partial charge is 0.493 e. The quantitative estimate of drug-likeness (QED) is 0.541. The van der Waals surface area contributed by atoms with E-state index in [2.05, 4.69) is 11.8 Å². The van der Waals surface area contributed by atoms with Gasteiger partial charge in [-0.1, -0.05) is 0 Å². The highest BCUT2D eigenvalue weighted by atomic mass is 19.1. The van der Waals surface area contributed by atoms with Crippen molar-refractivity contribution in [3.05, 3.63) is 53.8 Å². The Balaban J connectivity index is 1.42. The molecular formula is C25H31FN2O3. The smallest absolute Gasteiger partial charge is 0.227 e. The van der Waals surface area contributed by atoms with Gasteiger partial charge in [-0.15, -0.1) is 0 Å². The Morgan fingerprint density at radius 2 is 1.90 bits per heavy atom. The first kappa shape index (κ1) is 21.6. The lowest BCUT2D eigenvalue weighted by molar-refractivity contribution is -0.117. The molecule has 0 saturated carbocycles. The molecule has 0 N–H and O–H groups in total. The van der Waals surface area contributed by atoms with Crippen LogP contribution in [0.1, 0.15) is 44.6 Å². The number of carbonyl (C=O) groups is 1. The van der Waals surface area contributed by atoms with Crippen molar-refractivity contribution in [2.45, 2.75) is 51.7 Å². The minimum absolute atomic E-state index is 0.152. The summed E-state index contributed by atoms with van der Waals surface area (Å²) in [5.74, 6) is 1.22. The normalized spacial score (nSPS) is 19.2. The second-order valence-corrected chi connectivity index (χ2v) is 8.41. The third-order valence-electron chi connectivity index (χ3n) is 6.17. The van der Waals surface area contributed by atoms with Gasteiger partial charge >= 0.3 is 0 Å². The van der Waals surface area contributed by atoms with Crippen LogP contribution >= 0.6 is 0 Å². The van der Waals surface area contributed by atoms with E-state index in [0.29, 0.717) is 31.4 Å². The molecule has 4 rings (SSSR count). The van der Waals surface area contributed by atoms with Crippen molar-refractivity contribution in [3.8, 4) is 11.5 Å². The van der Waals surface area contributed by atoms with E-state index < -0.39 is 0 Å². The fourth-order valence-electron chi connectivity index (χ4n) is 4.38. The van der Waals surface area contributed by atoms with Crippen LogP contribution in [0, 0.1) is 5.82 Å². The fraction of sp³-hybridized carbons (Fsp3) is 0.480. The molecule has 6 heteroatoms. The molecule has 2 aromatic carbocycles. The van der Waals surface area contributed by atoms with Crippen LogP contribution in [0.15, 0.2) is 42.5 Å². The lowest BCUT2D eigenvalue weighted by atomic mass is 10.1. The molecule has 5 nitrogen and oxygen atoms in total. The number of amides is 1. The van der Waals surface area contributed by atoms with E-state index in [4.69, 9.17) is 9.47 Å². The average Bonchev–Trinajstić information content (AvgIpc) is 3.39. The molecule has 1 amide bonds. The second kappa shape index (κ2) is 10.1. The van der Waals surface area contributed by atoms with Crippen LogP contribution in [0.2, 0.25) is 0 Å². The number of ether oxygens (including phenoxy) is 2. The molecule has 2 aliphatic heterocycles. The number of hydrogen-bond donors (Lipinski definition) is 0. The Labute approximate surface area is 183 Å². The van der Waals surface area contributed by atoms with E-state index in [1.807, 2.05) is 23.1 Å². The summed E-state index contributed by atoms with van der Waals surface area (Å²) in [5.41, 5.74) is 1.76. The second-order valence-electron chi connectivity index (χ2n) is 8.41. The van der Waals surface area contributed by atoms with Gasteiger partial charge in [0.05, 0.1) is 6.61 Å². The fourth-order valence-corrected chi connectivity index (χ4v) is 4.38. The number of halogens is 1. The van der Waals surface area contributed by atoms with Gasteiger partial charge in [-0.25, -0.2) is 4.39 Å². The summed E-state index contributed by atoms with van der Waals surface area (Å²) in [5, 5.41) is 0. The molecule has 2 aliphatic rings. The lowest BCUT2D eigenvalue weighted by Crippen LogP contribution is -2.28. The molecule has 2 heterocycles. The van der Waals surface area contributed by atoms with Crippen molar-refractivity contribution in [1.29, 1.82) is 0 Å². The molecule has 0 aliphatic carbocycles. The van der Waals surface area contributed by atoms with Crippen molar-refractivity contribution in [2.75, 3.05) is 31.1 Å². The van der Waals surface area contributed by atoms with E-state index in [0.717, 1.165) is 42.9 Å². The SMILES string of the molecule is CC1CCCN1CCCOc1ccc(N2CCCC2=O)cc1COc1ccc(F)cc1. The van der Waals surface area contributed by atoms with Crippen molar-refractivity contribution < 1.29 is 18.7 Å². The van der Waals surface area contributed by atoms with E-state index in [1.54, 1.807) is 12.1 Å². The third-order valence-corrected chi connectivity index (χ3v) is 6.17. The van der Waals surface area contributed by atoms with Crippen LogP contribution in [0.25, 0.3) is 0 Å². The first-order valence-electron chi connectivity index (χ1n) is 11.3. The van der Waals surface area contributed by atoms with Crippen LogP contribution in [0.4, 0.5) is 10.1 Å². The number of carbonyl (C=O) groups excluding carboxylic acids is 1. The third kappa shape index (κ3) is 5.56. The Morgan fingerprint density at radius 3 is 2.61 bits per heavy atom. The molecule has 1 atom stereocenters. The van der Waals surface area contributed by atoms with Gasteiger partial charge < -0.3 is 19.3 Å². The number of hydrogen-bond acceptors (Lipinski definition) is 4. The zero-order valence-corrected chi connectivity index (χ0v) is 18.2. The number of benzene rings is 2. The van der Waals surface area contributed by atoms with E-state index in [9.17, 15) is 9.18 Å². The summed E-state index contributed by atoms with van der Waals surface area (Å²) in [7, 11) is 0. The van der Waals surface area contributed by atoms with Crippen molar-refractivity contribution >= 4 is 11.6 Å². The zero-order valence-electron chi connectivity index (χ0n) is 18.2. The number of likely N-dealkylation sites (tertiary alicyclic amines) is 1. The molecule has 2 fully saturated rings. The molecule has 0 bridgehead atoms. The monoisotopic (exact) mass is 426 g/mol. The first-order valence-corrected chi connectivity index (χ1v) is 11.3. The van der Waals surface area contributed by atoms with Gasteiger partial charge in [0.2, 0.25) is 5.91 Å². The minimum atomic E-state index is -0.293. The van der Waals surface area contributed by atoms with Crippen LogP contribution in [0.3, 0.4) is 0 Å². The lowest BCUT2D eigenvalue weighted by Gasteiger charge is -2.21. The molecule has 166 valence electrons. The Kier molecular flexibility index (Phi) is 7.07. The number of nitrogens with zero attached hydrogens (tertiary/aromatic N) is 2. The summed E-state index contributed by atoms with van der Waals surface area (Å²) in [6.07, 6.45) is 5.00. The van der Waals surface area contributed by atoms with Gasteiger partial charge in [0.1, 0.15) is 23.9 Å². The van der Waals surface area contributed by atoms with Crippen LogP contribution in [-0.2, 0) is 11.4 Å². The minimum Gasteiger partial charge on any atom is -0.493 e. The standard InChI is InChI=1S/C25H31FN2O3/c1-19-5-2-13-27(19)14-4-16-30-24-12-9-22(28-15-3-6-25(28)29)17-20(24)18-31-23-10-7-21(26)8-11-23/h7-12,17,19H,2-6,13-16,18H2,1H3. The first-order chi connectivity index (χ1) is 15.1. The predicted octanol–water partition coefficient (Wildman–Crippen LogP) is 4.78. The van der Waals surface area contributed by atoms with Gasteiger partial charge in [0.15, 0.2) is 0 Å². The Hall–Kier alpha value is -2.60. The van der Waals surface area contributed by atoms with E-state index in [-0.39, 0.29) is 11.7 Å². The average molecular weight is 427 g/mol. The Morgan fingerprint density at radius 1 is 1.06 bits per heavy atom. The molecule has 2 saturated heterocycles. The van der Waals surface area contributed by atoms with E-state index >= 15 is 0 Å². The van der Waals surface area contributed by atoms with Crippen LogP contribution in [-0.4, -0.2) is 43.1 Å². The molecular weight excluding hydrogens is 395 g/mol. The number of anilines is 1. The molecule has 1 unspecified atom stereocenters. The summed E-state index contributed by atoms with van der Waals surface area (Å²) >= 11 is 0. The summed E-state index contributed by atoms with van der Waals surface area (Å²) in [6.45, 7) is 6.18. The maximum absolute atomic E-state index is 13.2. The topological polar surface area (TPSA) is 42.0 Å². The van der Waals surface area contributed by atoms with Gasteiger partial charge in [-0.3, -0.25) is 4.79 Å². The van der Waals surface area contributed by atoms with Crippen LogP contribution < -0.4 is 14.4 Å². The highest BCUT2D eigenvalue weighted by molar-refractivity contribution is 5.95.